The van der Waals surface area contributed by atoms with Gasteiger partial charge in [-0.2, -0.15) is 0 Å². The van der Waals surface area contributed by atoms with Crippen LogP contribution >= 0.6 is 0 Å². The van der Waals surface area contributed by atoms with Crippen LogP contribution in [0.5, 0.6) is 0 Å². The van der Waals surface area contributed by atoms with Crippen LogP contribution in [-0.2, 0) is 22.7 Å². The summed E-state index contributed by atoms with van der Waals surface area (Å²) in [6, 6.07) is 4.40. The summed E-state index contributed by atoms with van der Waals surface area (Å²) in [6.45, 7) is 1.59. The summed E-state index contributed by atoms with van der Waals surface area (Å²) in [7, 11) is -4.62. The molecular formula is C17H20FN3O4S. The minimum atomic E-state index is -4.62. The van der Waals surface area contributed by atoms with E-state index in [-0.39, 0.29) is 35.8 Å². The molecule has 0 bridgehead atoms. The van der Waals surface area contributed by atoms with E-state index < -0.39 is 40.0 Å². The molecule has 3 rings (SSSR count). The first-order valence-electron chi connectivity index (χ1n) is 9.90. The lowest BCUT2D eigenvalue weighted by atomic mass is 9.94. The van der Waals surface area contributed by atoms with E-state index in [9.17, 15) is 18.0 Å². The predicted octanol–water partition coefficient (Wildman–Crippen LogP) is 2.31. The van der Waals surface area contributed by atoms with Gasteiger partial charge in [-0.25, -0.2) is 17.4 Å². The summed E-state index contributed by atoms with van der Waals surface area (Å²) < 4.78 is 73.6. The van der Waals surface area contributed by atoms with Crippen molar-refractivity contribution in [3.05, 3.63) is 46.5 Å². The highest BCUT2D eigenvalue weighted by atomic mass is 32.2. The third-order valence-corrected chi connectivity index (χ3v) is 5.24. The number of hydrogen-bond acceptors (Lipinski definition) is 7. The van der Waals surface area contributed by atoms with Gasteiger partial charge in [-0.05, 0) is 54.5 Å². The molecule has 0 unspecified atom stereocenters. The molecule has 1 N–H and O–H groups in total. The Hall–Kier alpha value is -2.29. The first-order chi connectivity index (χ1) is 13.9. The molecule has 9 heteroatoms. The summed E-state index contributed by atoms with van der Waals surface area (Å²) >= 11 is 0. The Morgan fingerprint density at radius 1 is 1.42 bits per heavy atom. The largest absolute Gasteiger partial charge is 0.411 e. The molecule has 140 valence electrons. The zero-order valence-electron chi connectivity index (χ0n) is 17.9. The molecule has 0 atom stereocenters. The number of rotatable bonds is 5. The van der Waals surface area contributed by atoms with Crippen molar-refractivity contribution in [3.63, 3.8) is 0 Å². The summed E-state index contributed by atoms with van der Waals surface area (Å²) in [5.74, 6) is -1.07. The average molecular weight is 385 g/mol. The standard InChI is InChI=1S/C17H20FN3O4S/c1-11-8-13(2-3-14(11)18)10-15(19-22)17-16(20-25-21-17)9-12-4-6-26(23,24)7-5-12/h2-3,8,12,22H,4-7,9-10H2,1H3/i6D2,7D2. The van der Waals surface area contributed by atoms with E-state index in [4.69, 9.17) is 10.1 Å². The molecule has 0 spiro atoms. The van der Waals surface area contributed by atoms with Gasteiger partial charge in [0.1, 0.15) is 27.1 Å². The second kappa shape index (κ2) is 7.53. The predicted molar refractivity (Wildman–Crippen MR) is 92.5 cm³/mol. The normalized spacial score (nSPS) is 24.3. The van der Waals surface area contributed by atoms with Crippen molar-refractivity contribution in [2.45, 2.75) is 32.6 Å². The van der Waals surface area contributed by atoms with Crippen molar-refractivity contribution in [2.75, 3.05) is 11.4 Å². The van der Waals surface area contributed by atoms with Crippen LogP contribution in [0.4, 0.5) is 4.39 Å². The van der Waals surface area contributed by atoms with E-state index in [1.807, 2.05) is 0 Å². The van der Waals surface area contributed by atoms with Crippen molar-refractivity contribution in [2.24, 2.45) is 11.1 Å². The highest BCUT2D eigenvalue weighted by molar-refractivity contribution is 7.91. The van der Waals surface area contributed by atoms with Gasteiger partial charge in [-0.1, -0.05) is 22.4 Å². The Kier molecular flexibility index (Phi) is 4.01. The average Bonchev–Trinajstić information content (AvgIpc) is 3.08. The summed E-state index contributed by atoms with van der Waals surface area (Å²) in [5.41, 5.74) is -4.03. The number of nitrogens with zero attached hydrogens (tertiary/aromatic N) is 3. The minimum absolute atomic E-state index is 0.0190. The van der Waals surface area contributed by atoms with Crippen LogP contribution in [0.15, 0.2) is 28.0 Å². The van der Waals surface area contributed by atoms with Crippen molar-refractivity contribution in [1.82, 2.24) is 10.3 Å². The summed E-state index contributed by atoms with van der Waals surface area (Å²) in [4.78, 5) is 0. The zero-order chi connectivity index (χ0) is 22.3. The van der Waals surface area contributed by atoms with Crippen molar-refractivity contribution >= 4 is 15.5 Å². The van der Waals surface area contributed by atoms with Gasteiger partial charge in [0.05, 0.1) is 11.4 Å². The fourth-order valence-corrected chi connectivity index (χ4v) is 3.74. The molecule has 1 aliphatic heterocycles. The minimum Gasteiger partial charge on any atom is -0.411 e. The fourth-order valence-electron chi connectivity index (χ4n) is 2.73. The molecule has 2 aromatic rings. The van der Waals surface area contributed by atoms with E-state index >= 15 is 0 Å². The van der Waals surface area contributed by atoms with Crippen LogP contribution in [0.25, 0.3) is 0 Å². The van der Waals surface area contributed by atoms with Gasteiger partial charge in [0.25, 0.3) is 0 Å². The first-order valence-corrected chi connectivity index (χ1v) is 9.38. The summed E-state index contributed by atoms with van der Waals surface area (Å²) in [5, 5.41) is 20.2. The highest BCUT2D eigenvalue weighted by Crippen LogP contribution is 2.24. The van der Waals surface area contributed by atoms with Crippen LogP contribution in [0, 0.1) is 18.7 Å². The first kappa shape index (κ1) is 13.9. The van der Waals surface area contributed by atoms with Crippen LogP contribution < -0.4 is 0 Å². The van der Waals surface area contributed by atoms with Gasteiger partial charge in [0, 0.05) is 11.9 Å². The quantitative estimate of drug-likeness (QED) is 0.481. The number of hydrogen-bond donors (Lipinski definition) is 1. The molecule has 0 saturated carbocycles. The molecule has 1 aliphatic rings. The maximum atomic E-state index is 13.5. The lowest BCUT2D eigenvalue weighted by Crippen LogP contribution is -2.25. The van der Waals surface area contributed by atoms with Crippen LogP contribution in [-0.4, -0.2) is 41.1 Å². The smallest absolute Gasteiger partial charge is 0.156 e. The number of benzene rings is 1. The van der Waals surface area contributed by atoms with Crippen LogP contribution in [0.3, 0.4) is 0 Å². The molecule has 7 nitrogen and oxygen atoms in total. The molecule has 26 heavy (non-hydrogen) atoms. The van der Waals surface area contributed by atoms with Gasteiger partial charge < -0.3 is 5.21 Å². The zero-order valence-corrected chi connectivity index (χ0v) is 14.8. The van der Waals surface area contributed by atoms with E-state index in [0.717, 1.165) is 0 Å². The molecule has 0 amide bonds. The molecular weight excluding hydrogens is 361 g/mol. The second-order valence-corrected chi connectivity index (χ2v) is 7.72. The fraction of sp³-hybridized carbons (Fsp3) is 0.471. The van der Waals surface area contributed by atoms with Crippen LogP contribution in [0.2, 0.25) is 0 Å². The number of oxime groups is 1. The van der Waals surface area contributed by atoms with Gasteiger partial charge in [-0.3, -0.25) is 0 Å². The topological polar surface area (TPSA) is 106 Å². The molecule has 1 saturated heterocycles. The number of sulfone groups is 1. The molecule has 1 fully saturated rings. The van der Waals surface area contributed by atoms with Crippen molar-refractivity contribution in [1.29, 1.82) is 0 Å². The van der Waals surface area contributed by atoms with Crippen LogP contribution in [0.1, 0.15) is 40.8 Å². The monoisotopic (exact) mass is 385 g/mol. The van der Waals surface area contributed by atoms with E-state index in [2.05, 4.69) is 15.5 Å². The van der Waals surface area contributed by atoms with Gasteiger partial charge in [0.15, 0.2) is 5.69 Å². The molecule has 2 heterocycles. The Morgan fingerprint density at radius 2 is 2.15 bits per heavy atom. The third-order valence-electron chi connectivity index (χ3n) is 4.15. The third kappa shape index (κ3) is 4.27. The number of aryl methyl sites for hydroxylation is 1. The Bertz CT molecular complexity index is 1060. The van der Waals surface area contributed by atoms with E-state index in [0.29, 0.717) is 11.1 Å². The molecule has 1 aromatic heterocycles. The maximum absolute atomic E-state index is 13.5. The van der Waals surface area contributed by atoms with Crippen molar-refractivity contribution < 1.29 is 28.1 Å². The maximum Gasteiger partial charge on any atom is 0.156 e. The Balaban J connectivity index is 1.83. The van der Waals surface area contributed by atoms with E-state index in [1.165, 1.54) is 12.1 Å². The SMILES string of the molecule is [2H]C1([2H])CC(Cc2nonc2C(Cc2ccc(F)c(C)c2)=NO)CC([2H])([2H])S1(=O)=O. The summed E-state index contributed by atoms with van der Waals surface area (Å²) in [6.07, 6.45) is -0.762. The number of aromatic nitrogens is 2. The second-order valence-electron chi connectivity index (χ2n) is 6.14. The van der Waals surface area contributed by atoms with Crippen molar-refractivity contribution in [3.8, 4) is 0 Å². The van der Waals surface area contributed by atoms with Gasteiger partial charge in [0.2, 0.25) is 0 Å². The van der Waals surface area contributed by atoms with E-state index in [1.54, 1.807) is 13.0 Å². The Morgan fingerprint density at radius 3 is 2.81 bits per heavy atom. The Labute approximate surface area is 156 Å². The highest BCUT2D eigenvalue weighted by Gasteiger charge is 2.27. The lowest BCUT2D eigenvalue weighted by molar-refractivity contribution is 0.298. The molecule has 0 aliphatic carbocycles. The molecule has 1 aromatic carbocycles. The number of halogens is 1. The van der Waals surface area contributed by atoms with Gasteiger partial charge in [-0.15, -0.1) is 0 Å². The lowest BCUT2D eigenvalue weighted by Gasteiger charge is -2.20. The van der Waals surface area contributed by atoms with Gasteiger partial charge >= 0.3 is 0 Å². The molecule has 0 radical (unpaired) electrons.